The van der Waals surface area contributed by atoms with E-state index < -0.39 is 0 Å². The average Bonchev–Trinajstić information content (AvgIpc) is 3.20. The molecule has 1 aliphatic rings. The van der Waals surface area contributed by atoms with E-state index in [1.165, 1.54) is 5.56 Å². The largest absolute Gasteiger partial charge is 0.497 e. The maximum Gasteiger partial charge on any atom is 0.247 e. The lowest BCUT2D eigenvalue weighted by Crippen LogP contribution is -2.32. The van der Waals surface area contributed by atoms with Crippen molar-refractivity contribution < 1.29 is 9.15 Å². The van der Waals surface area contributed by atoms with E-state index in [0.29, 0.717) is 11.8 Å². The van der Waals surface area contributed by atoms with Crippen LogP contribution in [0.3, 0.4) is 0 Å². The SMILES string of the molecule is COc1ccc(CN2CCC(c3nnc(-c4ccncc4)o3)CC2)cc1. The van der Waals surface area contributed by atoms with Crippen molar-refractivity contribution in [2.75, 3.05) is 20.2 Å². The van der Waals surface area contributed by atoms with Crippen molar-refractivity contribution in [1.29, 1.82) is 0 Å². The number of methoxy groups -OCH3 is 1. The van der Waals surface area contributed by atoms with Gasteiger partial charge in [0.15, 0.2) is 0 Å². The highest BCUT2D eigenvalue weighted by Crippen LogP contribution is 2.29. The zero-order chi connectivity index (χ0) is 17.8. The summed E-state index contributed by atoms with van der Waals surface area (Å²) in [4.78, 5) is 6.49. The molecule has 1 saturated heterocycles. The first kappa shape index (κ1) is 16.7. The molecule has 6 nitrogen and oxygen atoms in total. The lowest BCUT2D eigenvalue weighted by Gasteiger charge is -2.30. The number of nitrogens with zero attached hydrogens (tertiary/aromatic N) is 4. The van der Waals surface area contributed by atoms with Crippen molar-refractivity contribution in [3.05, 3.63) is 60.2 Å². The molecule has 0 atom stereocenters. The van der Waals surface area contributed by atoms with Gasteiger partial charge in [-0.25, -0.2) is 0 Å². The van der Waals surface area contributed by atoms with Gasteiger partial charge in [0, 0.05) is 30.4 Å². The first-order chi connectivity index (χ1) is 12.8. The van der Waals surface area contributed by atoms with Crippen LogP contribution >= 0.6 is 0 Å². The van der Waals surface area contributed by atoms with Crippen LogP contribution in [-0.4, -0.2) is 40.3 Å². The number of benzene rings is 1. The van der Waals surface area contributed by atoms with E-state index in [4.69, 9.17) is 9.15 Å². The quantitative estimate of drug-likeness (QED) is 0.701. The third kappa shape index (κ3) is 3.75. The van der Waals surface area contributed by atoms with Gasteiger partial charge in [0.05, 0.1) is 7.11 Å². The van der Waals surface area contributed by atoms with Crippen LogP contribution in [0.15, 0.2) is 53.2 Å². The molecular formula is C20H22N4O2. The van der Waals surface area contributed by atoms with E-state index in [9.17, 15) is 0 Å². The Morgan fingerprint density at radius 2 is 1.77 bits per heavy atom. The second-order valence-corrected chi connectivity index (χ2v) is 6.58. The Morgan fingerprint density at radius 3 is 2.46 bits per heavy atom. The van der Waals surface area contributed by atoms with Gasteiger partial charge in [0.25, 0.3) is 0 Å². The van der Waals surface area contributed by atoms with E-state index in [2.05, 4.69) is 32.2 Å². The van der Waals surface area contributed by atoms with Gasteiger partial charge in [-0.3, -0.25) is 9.88 Å². The van der Waals surface area contributed by atoms with Gasteiger partial charge >= 0.3 is 0 Å². The zero-order valence-electron chi connectivity index (χ0n) is 14.8. The van der Waals surface area contributed by atoms with E-state index in [-0.39, 0.29) is 0 Å². The Bertz CT molecular complexity index is 825. The highest BCUT2D eigenvalue weighted by molar-refractivity contribution is 5.50. The van der Waals surface area contributed by atoms with Crippen molar-refractivity contribution >= 4 is 0 Å². The summed E-state index contributed by atoms with van der Waals surface area (Å²) in [6.07, 6.45) is 5.54. The third-order valence-corrected chi connectivity index (χ3v) is 4.87. The lowest BCUT2D eigenvalue weighted by atomic mass is 9.96. The standard InChI is InChI=1S/C20H22N4O2/c1-25-18-4-2-15(3-5-18)14-24-12-8-17(9-13-24)20-23-22-19(26-20)16-6-10-21-11-7-16/h2-7,10-11,17H,8-9,12-14H2,1H3. The van der Waals surface area contributed by atoms with Crippen LogP contribution in [-0.2, 0) is 6.54 Å². The van der Waals surface area contributed by atoms with E-state index in [0.717, 1.165) is 49.7 Å². The van der Waals surface area contributed by atoms with Crippen LogP contribution in [0.2, 0.25) is 0 Å². The summed E-state index contributed by atoms with van der Waals surface area (Å²) in [7, 11) is 1.69. The van der Waals surface area contributed by atoms with Crippen molar-refractivity contribution in [3.8, 4) is 17.2 Å². The second kappa shape index (κ2) is 7.66. The molecule has 3 heterocycles. The summed E-state index contributed by atoms with van der Waals surface area (Å²) in [6, 6.07) is 12.1. The molecule has 0 aliphatic carbocycles. The average molecular weight is 350 g/mol. The second-order valence-electron chi connectivity index (χ2n) is 6.58. The summed E-state index contributed by atoms with van der Waals surface area (Å²) in [5.41, 5.74) is 2.22. The van der Waals surface area contributed by atoms with Gasteiger partial charge in [0.2, 0.25) is 11.8 Å². The maximum atomic E-state index is 5.91. The minimum absolute atomic E-state index is 0.338. The van der Waals surface area contributed by atoms with Crippen molar-refractivity contribution in [2.24, 2.45) is 0 Å². The number of pyridine rings is 1. The predicted molar refractivity (Wildman–Crippen MR) is 97.8 cm³/mol. The van der Waals surface area contributed by atoms with E-state index in [1.54, 1.807) is 19.5 Å². The van der Waals surface area contributed by atoms with Crippen molar-refractivity contribution in [2.45, 2.75) is 25.3 Å². The number of rotatable bonds is 5. The zero-order valence-corrected chi connectivity index (χ0v) is 14.8. The fraction of sp³-hybridized carbons (Fsp3) is 0.350. The normalized spacial score (nSPS) is 15.9. The molecule has 0 N–H and O–H groups in total. The molecule has 2 aromatic heterocycles. The fourth-order valence-electron chi connectivity index (χ4n) is 3.34. The molecular weight excluding hydrogens is 328 g/mol. The predicted octanol–water partition coefficient (Wildman–Crippen LogP) is 3.52. The molecule has 4 rings (SSSR count). The van der Waals surface area contributed by atoms with Crippen LogP contribution in [0, 0.1) is 0 Å². The topological polar surface area (TPSA) is 64.3 Å². The first-order valence-electron chi connectivity index (χ1n) is 8.91. The van der Waals surface area contributed by atoms with Crippen LogP contribution < -0.4 is 4.74 Å². The number of hydrogen-bond donors (Lipinski definition) is 0. The molecule has 3 aromatic rings. The fourth-order valence-corrected chi connectivity index (χ4v) is 3.34. The van der Waals surface area contributed by atoms with Crippen LogP contribution in [0.25, 0.3) is 11.5 Å². The smallest absolute Gasteiger partial charge is 0.247 e. The van der Waals surface area contributed by atoms with Gasteiger partial charge in [-0.1, -0.05) is 12.1 Å². The molecule has 1 aromatic carbocycles. The Morgan fingerprint density at radius 1 is 1.04 bits per heavy atom. The number of aromatic nitrogens is 3. The molecule has 0 saturated carbocycles. The van der Waals surface area contributed by atoms with Crippen molar-refractivity contribution in [3.63, 3.8) is 0 Å². The van der Waals surface area contributed by atoms with Gasteiger partial charge in [-0.15, -0.1) is 10.2 Å². The highest BCUT2D eigenvalue weighted by atomic mass is 16.5. The van der Waals surface area contributed by atoms with Gasteiger partial charge < -0.3 is 9.15 Å². The summed E-state index contributed by atoms with van der Waals surface area (Å²) < 4.78 is 11.1. The van der Waals surface area contributed by atoms with Crippen LogP contribution in [0.1, 0.15) is 30.2 Å². The number of hydrogen-bond acceptors (Lipinski definition) is 6. The van der Waals surface area contributed by atoms with E-state index in [1.807, 2.05) is 24.3 Å². The molecule has 0 unspecified atom stereocenters. The molecule has 0 radical (unpaired) electrons. The molecule has 1 fully saturated rings. The minimum Gasteiger partial charge on any atom is -0.497 e. The maximum absolute atomic E-state index is 5.91. The van der Waals surface area contributed by atoms with Gasteiger partial charge in [0.1, 0.15) is 5.75 Å². The number of ether oxygens (including phenoxy) is 1. The molecule has 134 valence electrons. The highest BCUT2D eigenvalue weighted by Gasteiger charge is 2.25. The molecule has 6 heteroatoms. The van der Waals surface area contributed by atoms with Crippen LogP contribution in [0.5, 0.6) is 5.75 Å². The van der Waals surface area contributed by atoms with Gasteiger partial charge in [-0.2, -0.15) is 0 Å². The van der Waals surface area contributed by atoms with Gasteiger partial charge in [-0.05, 0) is 55.8 Å². The molecule has 1 aliphatic heterocycles. The molecule has 0 spiro atoms. The summed E-state index contributed by atoms with van der Waals surface area (Å²) >= 11 is 0. The monoisotopic (exact) mass is 350 g/mol. The number of piperidine rings is 1. The Kier molecular flexibility index (Phi) is 4.93. The Hall–Kier alpha value is -2.73. The van der Waals surface area contributed by atoms with Crippen LogP contribution in [0.4, 0.5) is 0 Å². The molecule has 0 bridgehead atoms. The number of likely N-dealkylation sites (tertiary alicyclic amines) is 1. The Labute approximate surface area is 152 Å². The third-order valence-electron chi connectivity index (χ3n) is 4.87. The Balaban J connectivity index is 1.34. The minimum atomic E-state index is 0.338. The summed E-state index contributed by atoms with van der Waals surface area (Å²) in [5, 5.41) is 8.47. The lowest BCUT2D eigenvalue weighted by molar-refractivity contribution is 0.193. The molecule has 26 heavy (non-hydrogen) atoms. The van der Waals surface area contributed by atoms with E-state index >= 15 is 0 Å². The first-order valence-corrected chi connectivity index (χ1v) is 8.91. The van der Waals surface area contributed by atoms with Crippen molar-refractivity contribution in [1.82, 2.24) is 20.1 Å². The summed E-state index contributed by atoms with van der Waals surface area (Å²) in [6.45, 7) is 3.02. The summed E-state index contributed by atoms with van der Waals surface area (Å²) in [5.74, 6) is 2.56. The molecule has 0 amide bonds.